The van der Waals surface area contributed by atoms with Gasteiger partial charge in [-0.25, -0.2) is 4.98 Å². The number of carbonyl (C=O) groups is 1. The van der Waals surface area contributed by atoms with Crippen molar-refractivity contribution in [1.29, 1.82) is 0 Å². The Morgan fingerprint density at radius 1 is 1.17 bits per heavy atom. The van der Waals surface area contributed by atoms with Crippen LogP contribution < -0.4 is 16.4 Å². The lowest BCUT2D eigenvalue weighted by Crippen LogP contribution is -2.12. The molecule has 0 fully saturated rings. The van der Waals surface area contributed by atoms with Crippen molar-refractivity contribution in [3.05, 3.63) is 86.8 Å². The number of aromatic nitrogens is 2. The number of fused-ring (bicyclic) bond motifs is 1. The third-order valence-corrected chi connectivity index (χ3v) is 5.50. The number of amides is 1. The normalized spacial score (nSPS) is 10.8. The molecule has 0 saturated heterocycles. The lowest BCUT2D eigenvalue weighted by molar-refractivity contribution is 0.102. The van der Waals surface area contributed by atoms with Crippen LogP contribution in [0.25, 0.3) is 10.2 Å². The van der Waals surface area contributed by atoms with Crippen LogP contribution in [0.5, 0.6) is 0 Å². The highest BCUT2D eigenvalue weighted by Gasteiger charge is 2.10. The van der Waals surface area contributed by atoms with Gasteiger partial charge < -0.3 is 10.3 Å². The van der Waals surface area contributed by atoms with Gasteiger partial charge in [-0.1, -0.05) is 18.2 Å². The van der Waals surface area contributed by atoms with Crippen LogP contribution in [0.3, 0.4) is 0 Å². The molecule has 0 radical (unpaired) electrons. The number of hydrogen-bond acceptors (Lipinski definition) is 6. The first-order chi connectivity index (χ1) is 14.0. The number of thiophene rings is 1. The maximum atomic E-state index is 12.4. The number of rotatable bonds is 5. The van der Waals surface area contributed by atoms with Crippen LogP contribution in [0, 0.1) is 6.92 Å². The van der Waals surface area contributed by atoms with Crippen LogP contribution in [0.2, 0.25) is 0 Å². The Morgan fingerprint density at radius 3 is 2.72 bits per heavy atom. The molecule has 0 spiro atoms. The number of aromatic amines is 1. The fourth-order valence-corrected chi connectivity index (χ4v) is 3.99. The fourth-order valence-electron chi connectivity index (χ4n) is 3.05. The maximum Gasteiger partial charge on any atom is 0.259 e. The number of nitrogens with zero attached hydrogens (tertiary/aromatic N) is 1. The van der Waals surface area contributed by atoms with E-state index in [1.54, 1.807) is 36.4 Å². The summed E-state index contributed by atoms with van der Waals surface area (Å²) in [6.07, 6.45) is 0.487. The molecule has 29 heavy (non-hydrogen) atoms. The molecular formula is C21H18N4O3S. The Balaban J connectivity index is 1.48. The summed E-state index contributed by atoms with van der Waals surface area (Å²) in [4.78, 5) is 32.8. The first kappa shape index (κ1) is 18.9. The largest absolute Gasteiger partial charge is 0.322 e. The van der Waals surface area contributed by atoms with Gasteiger partial charge in [-0.3, -0.25) is 20.3 Å². The van der Waals surface area contributed by atoms with E-state index < -0.39 is 0 Å². The van der Waals surface area contributed by atoms with Crippen LogP contribution in [0.1, 0.15) is 27.3 Å². The molecule has 0 bridgehead atoms. The first-order valence-electron chi connectivity index (χ1n) is 8.91. The second-order valence-electron chi connectivity index (χ2n) is 6.63. The van der Waals surface area contributed by atoms with Crippen molar-refractivity contribution in [1.82, 2.24) is 9.97 Å². The predicted molar refractivity (Wildman–Crippen MR) is 114 cm³/mol. The minimum absolute atomic E-state index is 0.118. The monoisotopic (exact) mass is 406 g/mol. The molecule has 0 aliphatic rings. The lowest BCUT2D eigenvalue weighted by atomic mass is 10.1. The molecule has 4 aromatic rings. The van der Waals surface area contributed by atoms with Crippen molar-refractivity contribution in [3.63, 3.8) is 0 Å². The van der Waals surface area contributed by atoms with Crippen molar-refractivity contribution in [2.24, 2.45) is 0 Å². The Labute approximate surface area is 170 Å². The summed E-state index contributed by atoms with van der Waals surface area (Å²) in [7, 11) is 0. The number of carbonyl (C=O) groups excluding carboxylic acids is 1. The Hall–Kier alpha value is -3.49. The Kier molecular flexibility index (Phi) is 5.11. The van der Waals surface area contributed by atoms with E-state index in [0.717, 1.165) is 16.0 Å². The van der Waals surface area contributed by atoms with Gasteiger partial charge in [0.2, 0.25) is 0 Å². The number of hydrogen-bond donors (Lipinski definition) is 4. The van der Waals surface area contributed by atoms with Crippen LogP contribution in [0.15, 0.2) is 58.7 Å². The van der Waals surface area contributed by atoms with Crippen molar-refractivity contribution in [3.8, 4) is 0 Å². The van der Waals surface area contributed by atoms with E-state index in [1.165, 1.54) is 11.3 Å². The van der Waals surface area contributed by atoms with Crippen molar-refractivity contribution in [2.75, 3.05) is 10.8 Å². The molecule has 0 saturated carbocycles. The highest BCUT2D eigenvalue weighted by molar-refractivity contribution is 7.16. The van der Waals surface area contributed by atoms with E-state index in [9.17, 15) is 9.59 Å². The molecule has 2 heterocycles. The third kappa shape index (κ3) is 4.03. The summed E-state index contributed by atoms with van der Waals surface area (Å²) < 4.78 is 0. The van der Waals surface area contributed by atoms with Gasteiger partial charge in [-0.15, -0.1) is 11.3 Å². The molecule has 0 atom stereocenters. The second-order valence-corrected chi connectivity index (χ2v) is 7.49. The highest BCUT2D eigenvalue weighted by atomic mass is 32.1. The van der Waals surface area contributed by atoms with Gasteiger partial charge in [-0.2, -0.15) is 0 Å². The minimum Gasteiger partial charge on any atom is -0.322 e. The van der Waals surface area contributed by atoms with Crippen LogP contribution in [0.4, 0.5) is 11.4 Å². The number of aryl methyl sites for hydroxylation is 1. The van der Waals surface area contributed by atoms with Gasteiger partial charge in [0, 0.05) is 17.7 Å². The van der Waals surface area contributed by atoms with Crippen LogP contribution in [-0.2, 0) is 6.42 Å². The van der Waals surface area contributed by atoms with E-state index in [1.807, 2.05) is 29.9 Å². The standard InChI is InChI=1S/C21H18N4O3S/c1-12-11-29-21-18(12)20(27)23-17(24-21)9-13-5-7-15(8-6-13)22-19(26)14-3-2-4-16(10-14)25-28/h2-8,10-11,25,28H,9H2,1H3,(H,22,26)(H,23,24,27). The predicted octanol–water partition coefficient (Wildman–Crippen LogP) is 3.94. The number of H-pyrrole nitrogens is 1. The Morgan fingerprint density at radius 2 is 1.97 bits per heavy atom. The quantitative estimate of drug-likeness (QED) is 0.376. The van der Waals surface area contributed by atoms with Gasteiger partial charge in [0.25, 0.3) is 11.5 Å². The SMILES string of the molecule is Cc1csc2nc(Cc3ccc(NC(=O)c4cccc(NO)c4)cc3)[nH]c(=O)c12. The summed E-state index contributed by atoms with van der Waals surface area (Å²) in [5.41, 5.74) is 5.31. The molecule has 8 heteroatoms. The van der Waals surface area contributed by atoms with E-state index in [-0.39, 0.29) is 11.5 Å². The molecule has 146 valence electrons. The summed E-state index contributed by atoms with van der Waals surface area (Å²) in [6.45, 7) is 1.90. The minimum atomic E-state index is -0.278. The van der Waals surface area contributed by atoms with Crippen LogP contribution >= 0.6 is 11.3 Å². The fraction of sp³-hybridized carbons (Fsp3) is 0.0952. The van der Waals surface area contributed by atoms with Gasteiger partial charge in [0.15, 0.2) is 0 Å². The van der Waals surface area contributed by atoms with Gasteiger partial charge in [-0.05, 0) is 53.8 Å². The van der Waals surface area contributed by atoms with Gasteiger partial charge in [0.05, 0.1) is 11.1 Å². The van der Waals surface area contributed by atoms with E-state index >= 15 is 0 Å². The second kappa shape index (κ2) is 7.86. The van der Waals surface area contributed by atoms with Gasteiger partial charge in [0.1, 0.15) is 10.7 Å². The molecule has 0 aliphatic carbocycles. The molecular weight excluding hydrogens is 388 g/mol. The summed E-state index contributed by atoms with van der Waals surface area (Å²) in [5.74, 6) is 0.328. The third-order valence-electron chi connectivity index (χ3n) is 4.51. The molecule has 0 unspecified atom stereocenters. The average Bonchev–Trinajstić information content (AvgIpc) is 3.10. The van der Waals surface area contributed by atoms with E-state index in [4.69, 9.17) is 5.21 Å². The van der Waals surface area contributed by atoms with Gasteiger partial charge >= 0.3 is 0 Å². The average molecular weight is 406 g/mol. The zero-order chi connectivity index (χ0) is 20.4. The molecule has 2 aromatic carbocycles. The van der Waals surface area contributed by atoms with Crippen LogP contribution in [-0.4, -0.2) is 21.1 Å². The van der Waals surface area contributed by atoms with Crippen molar-refractivity contribution >= 4 is 38.8 Å². The number of benzene rings is 2. The summed E-state index contributed by atoms with van der Waals surface area (Å²) in [5, 5.41) is 14.4. The molecule has 0 aliphatic heterocycles. The maximum absolute atomic E-state index is 12.4. The first-order valence-corrected chi connectivity index (χ1v) is 9.79. The highest BCUT2D eigenvalue weighted by Crippen LogP contribution is 2.21. The molecule has 4 N–H and O–H groups in total. The van der Waals surface area contributed by atoms with Crippen molar-refractivity contribution < 1.29 is 10.0 Å². The zero-order valence-corrected chi connectivity index (χ0v) is 16.3. The zero-order valence-electron chi connectivity index (χ0n) is 15.5. The number of nitrogens with one attached hydrogen (secondary N) is 3. The lowest BCUT2D eigenvalue weighted by Gasteiger charge is -2.08. The molecule has 7 nitrogen and oxygen atoms in total. The Bertz CT molecular complexity index is 1250. The summed E-state index contributed by atoms with van der Waals surface area (Å²) in [6, 6.07) is 13.9. The number of anilines is 2. The topological polar surface area (TPSA) is 107 Å². The van der Waals surface area contributed by atoms with E-state index in [2.05, 4.69) is 15.3 Å². The molecule has 1 amide bonds. The van der Waals surface area contributed by atoms with Crippen molar-refractivity contribution in [2.45, 2.75) is 13.3 Å². The summed E-state index contributed by atoms with van der Waals surface area (Å²) >= 11 is 1.46. The smallest absolute Gasteiger partial charge is 0.259 e. The molecule has 2 aromatic heterocycles. The molecule has 4 rings (SSSR count). The van der Waals surface area contributed by atoms with E-state index in [0.29, 0.717) is 34.6 Å².